The Hall–Kier alpha value is -2.24. The van der Waals surface area contributed by atoms with Gasteiger partial charge < -0.3 is 5.11 Å². The molecule has 0 aromatic carbocycles. The van der Waals surface area contributed by atoms with E-state index in [0.717, 1.165) is 0 Å². The number of rotatable bonds is 2. The van der Waals surface area contributed by atoms with Crippen LogP contribution in [0.25, 0.3) is 5.65 Å². The van der Waals surface area contributed by atoms with E-state index in [4.69, 9.17) is 5.11 Å². The highest BCUT2D eigenvalue weighted by Crippen LogP contribution is 2.03. The monoisotopic (exact) mass is 191 g/mol. The molecule has 1 N–H and O–H groups in total. The molecule has 2 aromatic heterocycles. The van der Waals surface area contributed by atoms with Gasteiger partial charge in [-0.3, -0.25) is 4.79 Å². The predicted molar refractivity (Wildman–Crippen MR) is 45.0 cm³/mol. The van der Waals surface area contributed by atoms with Gasteiger partial charge in [-0.15, -0.1) is 0 Å². The molecule has 0 bridgehead atoms. The molecule has 0 spiro atoms. The van der Waals surface area contributed by atoms with E-state index >= 15 is 0 Å². The van der Waals surface area contributed by atoms with E-state index < -0.39 is 11.8 Å². The van der Waals surface area contributed by atoms with E-state index in [0.29, 0.717) is 5.65 Å². The van der Waals surface area contributed by atoms with Gasteiger partial charge in [0.15, 0.2) is 5.65 Å². The maximum Gasteiger partial charge on any atom is 0.379 e. The minimum atomic E-state index is -1.52. The number of hydrogen-bond donors (Lipinski definition) is 1. The molecule has 0 saturated heterocycles. The number of Topliss-reactive ketones (excluding diaryl/α,β-unsaturated/α-hetero) is 1. The fraction of sp³-hybridized carbons (Fsp3) is 0. The number of carbonyl (C=O) groups is 2. The second-order valence-corrected chi connectivity index (χ2v) is 2.59. The number of hydrogen-bond acceptors (Lipinski definition) is 4. The molecule has 6 heteroatoms. The minimum absolute atomic E-state index is 0.115. The third kappa shape index (κ3) is 1.22. The summed E-state index contributed by atoms with van der Waals surface area (Å²) in [5, 5.41) is 12.2. The Kier molecular flexibility index (Phi) is 1.74. The number of aromatic nitrogens is 3. The minimum Gasteiger partial charge on any atom is -0.475 e. The van der Waals surface area contributed by atoms with Crippen molar-refractivity contribution in [1.29, 1.82) is 0 Å². The molecule has 6 nitrogen and oxygen atoms in total. The zero-order chi connectivity index (χ0) is 10.1. The number of fused-ring (bicyclic) bond motifs is 1. The maximum absolute atomic E-state index is 11.0. The van der Waals surface area contributed by atoms with Crippen LogP contribution in [-0.2, 0) is 4.79 Å². The van der Waals surface area contributed by atoms with Gasteiger partial charge in [-0.1, -0.05) is 0 Å². The summed E-state index contributed by atoms with van der Waals surface area (Å²) in [6.45, 7) is 0. The SMILES string of the molecule is O=C(O)C(=O)c1cc2ncccn2n1. The second-order valence-electron chi connectivity index (χ2n) is 2.59. The van der Waals surface area contributed by atoms with Crippen LogP contribution in [0.5, 0.6) is 0 Å². The highest BCUT2D eigenvalue weighted by Gasteiger charge is 2.18. The van der Waals surface area contributed by atoms with Crippen molar-refractivity contribution in [2.75, 3.05) is 0 Å². The van der Waals surface area contributed by atoms with Crippen molar-refractivity contribution in [3.8, 4) is 0 Å². The van der Waals surface area contributed by atoms with Gasteiger partial charge in [0, 0.05) is 18.5 Å². The summed E-state index contributed by atoms with van der Waals surface area (Å²) in [6, 6.07) is 2.96. The molecule has 0 atom stereocenters. The van der Waals surface area contributed by atoms with Crippen LogP contribution in [0.3, 0.4) is 0 Å². The molecule has 0 aliphatic rings. The lowest BCUT2D eigenvalue weighted by molar-refractivity contribution is -0.131. The van der Waals surface area contributed by atoms with Crippen molar-refractivity contribution in [2.45, 2.75) is 0 Å². The molecule has 70 valence electrons. The number of carbonyl (C=O) groups excluding carboxylic acids is 1. The predicted octanol–water partition coefficient (Wildman–Crippen LogP) is -0.00340. The Labute approximate surface area is 77.8 Å². The lowest BCUT2D eigenvalue weighted by atomic mass is 10.3. The first-order chi connectivity index (χ1) is 6.68. The van der Waals surface area contributed by atoms with Crippen molar-refractivity contribution in [2.24, 2.45) is 0 Å². The van der Waals surface area contributed by atoms with Crippen LogP contribution >= 0.6 is 0 Å². The zero-order valence-electron chi connectivity index (χ0n) is 6.91. The first kappa shape index (κ1) is 8.36. The van der Waals surface area contributed by atoms with Crippen LogP contribution in [-0.4, -0.2) is 31.5 Å². The first-order valence-electron chi connectivity index (χ1n) is 3.76. The van der Waals surface area contributed by atoms with Gasteiger partial charge in [-0.2, -0.15) is 5.10 Å². The lowest BCUT2D eigenvalue weighted by Gasteiger charge is -1.87. The van der Waals surface area contributed by atoms with Crippen molar-refractivity contribution >= 4 is 17.4 Å². The molecule has 0 fully saturated rings. The summed E-state index contributed by atoms with van der Waals surface area (Å²) in [4.78, 5) is 25.3. The Morgan fingerprint density at radius 1 is 1.43 bits per heavy atom. The third-order valence-corrected chi connectivity index (χ3v) is 1.66. The molecule has 0 aliphatic carbocycles. The van der Waals surface area contributed by atoms with Gasteiger partial charge in [-0.05, 0) is 6.07 Å². The van der Waals surface area contributed by atoms with Crippen molar-refractivity contribution in [3.63, 3.8) is 0 Å². The van der Waals surface area contributed by atoms with Crippen molar-refractivity contribution < 1.29 is 14.7 Å². The lowest BCUT2D eigenvalue weighted by Crippen LogP contribution is -2.13. The average Bonchev–Trinajstić information content (AvgIpc) is 2.59. The average molecular weight is 191 g/mol. The second kappa shape index (κ2) is 2.91. The normalized spacial score (nSPS) is 10.3. The van der Waals surface area contributed by atoms with Crippen molar-refractivity contribution in [1.82, 2.24) is 14.6 Å². The van der Waals surface area contributed by atoms with E-state index in [1.54, 1.807) is 12.3 Å². The van der Waals surface area contributed by atoms with Crippen LogP contribution in [0.2, 0.25) is 0 Å². The number of ketones is 1. The molecule has 14 heavy (non-hydrogen) atoms. The quantitative estimate of drug-likeness (QED) is 0.533. The van der Waals surface area contributed by atoms with Crippen molar-refractivity contribution in [3.05, 3.63) is 30.2 Å². The molecule has 0 aliphatic heterocycles. The molecule has 0 radical (unpaired) electrons. The number of carboxylic acids is 1. The molecule has 0 amide bonds. The maximum atomic E-state index is 11.0. The highest BCUT2D eigenvalue weighted by molar-refractivity contribution is 6.39. The Morgan fingerprint density at radius 3 is 2.86 bits per heavy atom. The summed E-state index contributed by atoms with van der Waals surface area (Å²) in [6.07, 6.45) is 3.12. The third-order valence-electron chi connectivity index (χ3n) is 1.66. The fourth-order valence-electron chi connectivity index (χ4n) is 1.05. The van der Waals surface area contributed by atoms with Gasteiger partial charge >= 0.3 is 5.97 Å². The van der Waals surface area contributed by atoms with Gasteiger partial charge in [-0.25, -0.2) is 14.3 Å². The van der Waals surface area contributed by atoms with Crippen LogP contribution in [0.4, 0.5) is 0 Å². The molecular formula is C8H5N3O3. The van der Waals surface area contributed by atoms with Gasteiger partial charge in [0.05, 0.1) is 0 Å². The first-order valence-corrected chi connectivity index (χ1v) is 3.76. The summed E-state index contributed by atoms with van der Waals surface area (Å²) in [7, 11) is 0. The van der Waals surface area contributed by atoms with Crippen LogP contribution in [0, 0.1) is 0 Å². The van der Waals surface area contributed by atoms with Crippen LogP contribution in [0.1, 0.15) is 10.5 Å². The Balaban J connectivity index is 2.55. The molecule has 0 unspecified atom stereocenters. The van der Waals surface area contributed by atoms with E-state index in [9.17, 15) is 9.59 Å². The van der Waals surface area contributed by atoms with Crippen LogP contribution < -0.4 is 0 Å². The smallest absolute Gasteiger partial charge is 0.379 e. The molecule has 2 aromatic rings. The van der Waals surface area contributed by atoms with E-state index in [-0.39, 0.29) is 5.69 Å². The number of nitrogens with zero attached hydrogens (tertiary/aromatic N) is 3. The summed E-state index contributed by atoms with van der Waals surface area (Å²) >= 11 is 0. The number of aliphatic carboxylic acids is 1. The molecule has 2 heterocycles. The number of carboxylic acid groups (broad SMARTS) is 1. The Bertz CT molecular complexity index is 484. The van der Waals surface area contributed by atoms with Gasteiger partial charge in [0.1, 0.15) is 5.69 Å². The van der Waals surface area contributed by atoms with E-state index in [1.807, 2.05) is 0 Å². The molecular weight excluding hydrogens is 186 g/mol. The largest absolute Gasteiger partial charge is 0.475 e. The summed E-state index contributed by atoms with van der Waals surface area (Å²) in [5.74, 6) is -2.55. The zero-order valence-corrected chi connectivity index (χ0v) is 6.91. The molecule has 0 saturated carbocycles. The highest BCUT2D eigenvalue weighted by atomic mass is 16.4. The summed E-state index contributed by atoms with van der Waals surface area (Å²) < 4.78 is 1.34. The fourth-order valence-corrected chi connectivity index (χ4v) is 1.05. The summed E-state index contributed by atoms with van der Waals surface area (Å²) in [5.41, 5.74) is 0.327. The topological polar surface area (TPSA) is 84.6 Å². The van der Waals surface area contributed by atoms with E-state index in [2.05, 4.69) is 10.1 Å². The van der Waals surface area contributed by atoms with Gasteiger partial charge in [0.2, 0.25) is 0 Å². The molecule has 2 rings (SSSR count). The Morgan fingerprint density at radius 2 is 2.21 bits per heavy atom. The van der Waals surface area contributed by atoms with Crippen LogP contribution in [0.15, 0.2) is 24.5 Å². The van der Waals surface area contributed by atoms with Gasteiger partial charge in [0.25, 0.3) is 5.78 Å². The standard InChI is InChI=1S/C8H5N3O3/c12-7(8(13)14)5-4-6-9-2-1-3-11(6)10-5/h1-4H,(H,13,14). The van der Waals surface area contributed by atoms with E-state index in [1.165, 1.54) is 16.8 Å².